The van der Waals surface area contributed by atoms with Gasteiger partial charge in [-0.05, 0) is 43.2 Å². The number of aromatic nitrogens is 3. The number of nitrogens with one attached hydrogen (secondary N) is 1. The number of benzene rings is 2. The van der Waals surface area contributed by atoms with E-state index >= 15 is 0 Å². The molecular weight excluding hydrogens is 368 g/mol. The summed E-state index contributed by atoms with van der Waals surface area (Å²) in [6, 6.07) is 17.7. The molecule has 138 valence electrons. The second-order valence-corrected chi connectivity index (χ2v) is 7.57. The molecule has 0 aliphatic heterocycles. The van der Waals surface area contributed by atoms with Gasteiger partial charge >= 0.3 is 0 Å². The van der Waals surface area contributed by atoms with Crippen molar-refractivity contribution < 1.29 is 5.11 Å². The van der Waals surface area contributed by atoms with E-state index in [0.29, 0.717) is 5.82 Å². The highest BCUT2D eigenvalue weighted by atomic mass is 32.2. The van der Waals surface area contributed by atoms with Gasteiger partial charge in [-0.15, -0.1) is 0 Å². The Balaban J connectivity index is 1.63. The summed E-state index contributed by atoms with van der Waals surface area (Å²) in [6.07, 6.45) is 0. The number of hydrogen-bond acceptors (Lipinski definition) is 5. The monoisotopic (exact) mass is 386 g/mol. The third kappa shape index (κ3) is 3.32. The van der Waals surface area contributed by atoms with Gasteiger partial charge in [-0.2, -0.15) is 5.26 Å². The van der Waals surface area contributed by atoms with Crippen molar-refractivity contribution in [3.63, 3.8) is 0 Å². The van der Waals surface area contributed by atoms with Crippen LogP contribution in [0.15, 0.2) is 59.3 Å². The lowest BCUT2D eigenvalue weighted by Gasteiger charge is -2.08. The number of para-hydroxylation sites is 3. The molecule has 5 nitrogen and oxygen atoms in total. The SMILES string of the molecule is Cc1cc(SC/C(O)=C(\C#N)c2nc3ccccc3[nH]2)nc2c(C)cccc12. The van der Waals surface area contributed by atoms with E-state index in [1.807, 2.05) is 49.4 Å². The summed E-state index contributed by atoms with van der Waals surface area (Å²) in [4.78, 5) is 12.2. The summed E-state index contributed by atoms with van der Waals surface area (Å²) in [5, 5.41) is 22.0. The Morgan fingerprint density at radius 3 is 2.71 bits per heavy atom. The highest BCUT2D eigenvalue weighted by Gasteiger charge is 2.14. The Morgan fingerprint density at radius 1 is 1.11 bits per heavy atom. The lowest BCUT2D eigenvalue weighted by molar-refractivity contribution is 0.420. The van der Waals surface area contributed by atoms with Gasteiger partial charge in [0.05, 0.1) is 27.3 Å². The van der Waals surface area contributed by atoms with Crippen LogP contribution in [0.5, 0.6) is 0 Å². The molecule has 0 aliphatic rings. The van der Waals surface area contributed by atoms with Crippen LogP contribution in [-0.4, -0.2) is 25.8 Å². The van der Waals surface area contributed by atoms with Crippen LogP contribution < -0.4 is 0 Å². The molecule has 0 amide bonds. The van der Waals surface area contributed by atoms with Crippen molar-refractivity contribution in [1.29, 1.82) is 5.26 Å². The minimum atomic E-state index is -0.0177. The van der Waals surface area contributed by atoms with Crippen molar-refractivity contribution in [1.82, 2.24) is 15.0 Å². The number of aliphatic hydroxyl groups is 1. The Morgan fingerprint density at radius 2 is 1.93 bits per heavy atom. The van der Waals surface area contributed by atoms with Crippen LogP contribution in [0, 0.1) is 25.2 Å². The number of fused-ring (bicyclic) bond motifs is 2. The number of thioether (sulfide) groups is 1. The van der Waals surface area contributed by atoms with Gasteiger partial charge in [-0.1, -0.05) is 42.1 Å². The summed E-state index contributed by atoms with van der Waals surface area (Å²) < 4.78 is 0. The van der Waals surface area contributed by atoms with Gasteiger partial charge in [-0.3, -0.25) is 0 Å². The molecule has 0 saturated carbocycles. The lowest BCUT2D eigenvalue weighted by atomic mass is 10.1. The number of H-pyrrole nitrogens is 1. The quantitative estimate of drug-likeness (QED) is 0.282. The Labute approximate surface area is 166 Å². The molecule has 4 aromatic rings. The van der Waals surface area contributed by atoms with E-state index in [2.05, 4.69) is 29.0 Å². The Kier molecular flexibility index (Phi) is 4.76. The van der Waals surface area contributed by atoms with Crippen LogP contribution in [0.3, 0.4) is 0 Å². The first-order chi connectivity index (χ1) is 13.6. The van der Waals surface area contributed by atoms with Crippen LogP contribution in [0.2, 0.25) is 0 Å². The molecule has 0 aliphatic carbocycles. The van der Waals surface area contributed by atoms with Crippen molar-refractivity contribution in [2.45, 2.75) is 18.9 Å². The number of aryl methyl sites for hydroxylation is 2. The van der Waals surface area contributed by atoms with E-state index in [4.69, 9.17) is 4.98 Å². The van der Waals surface area contributed by atoms with Gasteiger partial charge < -0.3 is 10.1 Å². The molecule has 28 heavy (non-hydrogen) atoms. The first kappa shape index (κ1) is 18.1. The maximum Gasteiger partial charge on any atom is 0.152 e. The smallest absolute Gasteiger partial charge is 0.152 e. The zero-order chi connectivity index (χ0) is 19.7. The third-order valence-electron chi connectivity index (χ3n) is 4.61. The highest BCUT2D eigenvalue weighted by Crippen LogP contribution is 2.28. The zero-order valence-electron chi connectivity index (χ0n) is 15.5. The van der Waals surface area contributed by atoms with Crippen LogP contribution in [0.4, 0.5) is 0 Å². The van der Waals surface area contributed by atoms with Crippen molar-refractivity contribution in [2.24, 2.45) is 0 Å². The summed E-state index contributed by atoms with van der Waals surface area (Å²) in [5.74, 6) is 0.597. The maximum absolute atomic E-state index is 10.5. The fraction of sp³-hybridized carbons (Fsp3) is 0.136. The van der Waals surface area contributed by atoms with E-state index < -0.39 is 0 Å². The average Bonchev–Trinajstić information content (AvgIpc) is 3.11. The Hall–Kier alpha value is -3.30. The number of hydrogen-bond donors (Lipinski definition) is 2. The molecule has 2 aromatic carbocycles. The van der Waals surface area contributed by atoms with Crippen molar-refractivity contribution in [3.8, 4) is 6.07 Å². The van der Waals surface area contributed by atoms with Gasteiger partial charge in [0, 0.05) is 5.39 Å². The van der Waals surface area contributed by atoms with Gasteiger partial charge in [0.25, 0.3) is 0 Å². The molecule has 0 fully saturated rings. The Bertz CT molecular complexity index is 1230. The van der Waals surface area contributed by atoms with E-state index in [9.17, 15) is 10.4 Å². The van der Waals surface area contributed by atoms with Crippen LogP contribution >= 0.6 is 11.8 Å². The van der Waals surface area contributed by atoms with E-state index in [1.54, 1.807) is 0 Å². The number of rotatable bonds is 4. The van der Waals surface area contributed by atoms with Gasteiger partial charge in [0.1, 0.15) is 17.4 Å². The molecule has 0 unspecified atom stereocenters. The number of pyridine rings is 1. The molecule has 0 atom stereocenters. The minimum absolute atomic E-state index is 0.0177. The predicted molar refractivity (Wildman–Crippen MR) is 113 cm³/mol. The van der Waals surface area contributed by atoms with Gasteiger partial charge in [0.15, 0.2) is 5.82 Å². The minimum Gasteiger partial charge on any atom is -0.510 e. The number of aromatic amines is 1. The summed E-state index contributed by atoms with van der Waals surface area (Å²) in [7, 11) is 0. The van der Waals surface area contributed by atoms with Gasteiger partial charge in [0.2, 0.25) is 0 Å². The second kappa shape index (κ2) is 7.37. The number of imidazole rings is 1. The van der Waals surface area contributed by atoms with Crippen LogP contribution in [-0.2, 0) is 0 Å². The number of nitrogens with zero attached hydrogens (tertiary/aromatic N) is 3. The van der Waals surface area contributed by atoms with Gasteiger partial charge in [-0.25, -0.2) is 9.97 Å². The normalized spacial score (nSPS) is 12.2. The average molecular weight is 386 g/mol. The van der Waals surface area contributed by atoms with Crippen LogP contribution in [0.1, 0.15) is 17.0 Å². The number of aliphatic hydroxyl groups excluding tert-OH is 1. The highest BCUT2D eigenvalue weighted by molar-refractivity contribution is 7.99. The molecule has 2 heterocycles. The van der Waals surface area contributed by atoms with E-state index in [1.165, 1.54) is 11.8 Å². The summed E-state index contributed by atoms with van der Waals surface area (Å²) in [6.45, 7) is 4.09. The van der Waals surface area contributed by atoms with Crippen molar-refractivity contribution in [3.05, 3.63) is 71.2 Å². The fourth-order valence-corrected chi connectivity index (χ4v) is 3.99. The molecule has 6 heteroatoms. The molecular formula is C22H18N4OS. The maximum atomic E-state index is 10.5. The second-order valence-electron chi connectivity index (χ2n) is 6.57. The number of nitriles is 1. The molecule has 2 aromatic heterocycles. The standard InChI is InChI=1S/C22H18N4OS/c1-13-6-5-7-15-14(2)10-20(26-21(13)15)28-12-19(27)16(11-23)22-24-17-8-3-4-9-18(17)25-22/h3-10,27H,12H2,1-2H3,(H,24,25)/b19-16-. The van der Waals surface area contributed by atoms with E-state index in [0.717, 1.165) is 38.1 Å². The molecule has 4 rings (SSSR count). The lowest BCUT2D eigenvalue weighted by Crippen LogP contribution is -1.96. The predicted octanol–water partition coefficient (Wildman–Crippen LogP) is 5.31. The van der Waals surface area contributed by atoms with Crippen LogP contribution in [0.25, 0.3) is 27.5 Å². The molecule has 0 spiro atoms. The molecule has 0 radical (unpaired) electrons. The first-order valence-corrected chi connectivity index (χ1v) is 9.82. The topological polar surface area (TPSA) is 85.6 Å². The third-order valence-corrected chi connectivity index (χ3v) is 5.53. The molecule has 0 saturated heterocycles. The first-order valence-electron chi connectivity index (χ1n) is 8.84. The largest absolute Gasteiger partial charge is 0.510 e. The number of allylic oxidation sites excluding steroid dienone is 1. The summed E-state index contributed by atoms with van der Waals surface area (Å²) in [5.41, 5.74) is 4.95. The summed E-state index contributed by atoms with van der Waals surface area (Å²) >= 11 is 1.40. The van der Waals surface area contributed by atoms with Crippen molar-refractivity contribution >= 4 is 39.3 Å². The molecule has 0 bridgehead atoms. The molecule has 2 N–H and O–H groups in total. The van der Waals surface area contributed by atoms with E-state index in [-0.39, 0.29) is 17.1 Å². The fourth-order valence-electron chi connectivity index (χ4n) is 3.14. The van der Waals surface area contributed by atoms with Crippen molar-refractivity contribution in [2.75, 3.05) is 5.75 Å². The zero-order valence-corrected chi connectivity index (χ0v) is 16.3.